The molecule has 0 spiro atoms. The molecular weight excluding hydrogens is 408 g/mol. The molecule has 1 aliphatic heterocycles. The molecule has 29 heavy (non-hydrogen) atoms. The van der Waals surface area contributed by atoms with Gasteiger partial charge in [0, 0.05) is 13.1 Å². The summed E-state index contributed by atoms with van der Waals surface area (Å²) in [6.45, 7) is 3.01. The van der Waals surface area contributed by atoms with Crippen molar-refractivity contribution in [2.24, 2.45) is 0 Å². The van der Waals surface area contributed by atoms with Gasteiger partial charge in [0.15, 0.2) is 0 Å². The second-order valence-electron chi connectivity index (χ2n) is 7.30. The number of hydrogen-bond donors (Lipinski definition) is 1. The van der Waals surface area contributed by atoms with Crippen LogP contribution in [0.5, 0.6) is 0 Å². The van der Waals surface area contributed by atoms with Gasteiger partial charge in [0.05, 0.1) is 21.5 Å². The minimum atomic E-state index is -3.65. The lowest BCUT2D eigenvalue weighted by Crippen LogP contribution is -2.32. The molecule has 0 bridgehead atoms. The molecule has 1 saturated heterocycles. The van der Waals surface area contributed by atoms with Gasteiger partial charge >= 0.3 is 0 Å². The number of rotatable bonds is 6. The topological polar surface area (TPSA) is 66.5 Å². The summed E-state index contributed by atoms with van der Waals surface area (Å²) < 4.78 is 27.7. The van der Waals surface area contributed by atoms with Crippen LogP contribution in [0.3, 0.4) is 0 Å². The Morgan fingerprint density at radius 2 is 1.72 bits per heavy atom. The Kier molecular flexibility index (Phi) is 7.33. The van der Waals surface area contributed by atoms with Crippen LogP contribution in [0.25, 0.3) is 0 Å². The lowest BCUT2D eigenvalue weighted by molar-refractivity contribution is 0.0935. The maximum absolute atomic E-state index is 13.1. The smallest absolute Gasteiger partial charge is 0.253 e. The first-order valence-corrected chi connectivity index (χ1v) is 11.9. The van der Waals surface area contributed by atoms with Gasteiger partial charge in [0.25, 0.3) is 5.91 Å². The summed E-state index contributed by atoms with van der Waals surface area (Å²) in [4.78, 5) is 13.0. The first-order chi connectivity index (χ1) is 13.9. The molecule has 1 heterocycles. The third-order valence-corrected chi connectivity index (χ3v) is 7.52. The van der Waals surface area contributed by atoms with Crippen LogP contribution in [0.15, 0.2) is 53.4 Å². The van der Waals surface area contributed by atoms with E-state index < -0.39 is 10.0 Å². The summed E-state index contributed by atoms with van der Waals surface area (Å²) in [6.07, 6.45) is 4.50. The number of halogens is 1. The molecular formula is C22H27ClN2O3S. The average Bonchev–Trinajstić information content (AvgIpc) is 3.03. The largest absolute Gasteiger partial charge is 0.345 e. The van der Waals surface area contributed by atoms with Gasteiger partial charge in [-0.05, 0) is 43.0 Å². The molecule has 0 radical (unpaired) electrons. The summed E-state index contributed by atoms with van der Waals surface area (Å²) >= 11 is 6.26. The second-order valence-corrected chi connectivity index (χ2v) is 9.65. The third kappa shape index (κ3) is 5.18. The van der Waals surface area contributed by atoms with Crippen molar-refractivity contribution in [1.82, 2.24) is 9.62 Å². The molecule has 1 fully saturated rings. The van der Waals surface area contributed by atoms with Gasteiger partial charge in [-0.15, -0.1) is 0 Å². The molecule has 2 aromatic rings. The first-order valence-electron chi connectivity index (χ1n) is 10.1. The summed E-state index contributed by atoms with van der Waals surface area (Å²) in [5, 5.41) is 3.21. The van der Waals surface area contributed by atoms with E-state index in [1.165, 1.54) is 22.5 Å². The maximum Gasteiger partial charge on any atom is 0.253 e. The van der Waals surface area contributed by atoms with E-state index in [-0.39, 0.29) is 27.4 Å². The number of nitrogens with zero attached hydrogens (tertiary/aromatic N) is 1. The molecule has 1 atom stereocenters. The fraction of sp³-hybridized carbons (Fsp3) is 0.409. The Morgan fingerprint density at radius 1 is 1.07 bits per heavy atom. The van der Waals surface area contributed by atoms with Crippen LogP contribution in [0.4, 0.5) is 0 Å². The summed E-state index contributed by atoms with van der Waals surface area (Å²) in [5.74, 6) is -0.376. The van der Waals surface area contributed by atoms with E-state index in [0.29, 0.717) is 19.5 Å². The second kappa shape index (κ2) is 9.74. The van der Waals surface area contributed by atoms with Crippen molar-refractivity contribution in [3.63, 3.8) is 0 Å². The highest BCUT2D eigenvalue weighted by atomic mass is 35.5. The van der Waals surface area contributed by atoms with Gasteiger partial charge in [-0.3, -0.25) is 4.79 Å². The molecule has 1 aliphatic rings. The summed E-state index contributed by atoms with van der Waals surface area (Å²) in [6, 6.07) is 13.9. The van der Waals surface area contributed by atoms with E-state index in [9.17, 15) is 13.2 Å². The number of nitrogens with one attached hydrogen (secondary N) is 1. The Balaban J connectivity index is 1.85. The molecule has 5 nitrogen and oxygen atoms in total. The SMILES string of the molecule is CC[C@@H](NC(=O)c1cc(S(=O)(=O)N2CCCCCC2)ccc1Cl)c1ccccc1. The van der Waals surface area contributed by atoms with Gasteiger partial charge in [-0.1, -0.05) is 61.7 Å². The maximum atomic E-state index is 13.1. The Hall–Kier alpha value is -1.89. The molecule has 3 rings (SSSR count). The lowest BCUT2D eigenvalue weighted by atomic mass is 10.0. The molecule has 0 aromatic heterocycles. The van der Waals surface area contributed by atoms with Crippen molar-refractivity contribution in [3.05, 3.63) is 64.7 Å². The van der Waals surface area contributed by atoms with Crippen molar-refractivity contribution >= 4 is 27.5 Å². The summed E-state index contributed by atoms with van der Waals surface area (Å²) in [5.41, 5.74) is 1.17. The predicted octanol–water partition coefficient (Wildman–Crippen LogP) is 4.79. The fourth-order valence-electron chi connectivity index (χ4n) is 3.61. The predicted molar refractivity (Wildman–Crippen MR) is 116 cm³/mol. The van der Waals surface area contributed by atoms with Gasteiger partial charge in [0.1, 0.15) is 0 Å². The number of amides is 1. The first kappa shape index (κ1) is 21.8. The Labute approximate surface area is 178 Å². The Morgan fingerprint density at radius 3 is 2.34 bits per heavy atom. The van der Waals surface area contributed by atoms with Crippen molar-refractivity contribution in [1.29, 1.82) is 0 Å². The van der Waals surface area contributed by atoms with E-state index in [1.807, 2.05) is 37.3 Å². The number of benzene rings is 2. The van der Waals surface area contributed by atoms with Gasteiger partial charge in [-0.25, -0.2) is 8.42 Å². The molecule has 7 heteroatoms. The molecule has 1 N–H and O–H groups in total. The van der Waals surface area contributed by atoms with E-state index in [4.69, 9.17) is 11.6 Å². The standard InChI is InChI=1S/C22H27ClN2O3S/c1-2-21(17-10-6-5-7-11-17)24-22(26)19-16-18(12-13-20(19)23)29(27,28)25-14-8-3-4-9-15-25/h5-7,10-13,16,21H,2-4,8-9,14-15H2,1H3,(H,24,26)/t21-/m1/s1. The van der Waals surface area contributed by atoms with Crippen LogP contribution < -0.4 is 5.32 Å². The highest BCUT2D eigenvalue weighted by Gasteiger charge is 2.27. The van der Waals surface area contributed by atoms with E-state index in [1.54, 1.807) is 0 Å². The molecule has 0 aliphatic carbocycles. The van der Waals surface area contributed by atoms with E-state index in [0.717, 1.165) is 31.2 Å². The lowest BCUT2D eigenvalue weighted by Gasteiger charge is -2.21. The monoisotopic (exact) mass is 434 g/mol. The summed E-state index contributed by atoms with van der Waals surface area (Å²) in [7, 11) is -3.65. The van der Waals surface area contributed by atoms with Crippen LogP contribution in [-0.4, -0.2) is 31.7 Å². The molecule has 0 saturated carbocycles. The van der Waals surface area contributed by atoms with Crippen molar-refractivity contribution in [2.75, 3.05) is 13.1 Å². The molecule has 2 aromatic carbocycles. The highest BCUT2D eigenvalue weighted by Crippen LogP contribution is 2.26. The number of sulfonamides is 1. The Bertz CT molecular complexity index is 940. The number of hydrogen-bond acceptors (Lipinski definition) is 3. The van der Waals surface area contributed by atoms with Crippen molar-refractivity contribution in [3.8, 4) is 0 Å². The number of carbonyl (C=O) groups excluding carboxylic acids is 1. The minimum Gasteiger partial charge on any atom is -0.345 e. The molecule has 156 valence electrons. The fourth-order valence-corrected chi connectivity index (χ4v) is 5.36. The average molecular weight is 435 g/mol. The van der Waals surface area contributed by atoms with Gasteiger partial charge in [-0.2, -0.15) is 4.31 Å². The van der Waals surface area contributed by atoms with E-state index >= 15 is 0 Å². The van der Waals surface area contributed by atoms with Gasteiger partial charge < -0.3 is 5.32 Å². The van der Waals surface area contributed by atoms with Crippen LogP contribution in [-0.2, 0) is 10.0 Å². The van der Waals surface area contributed by atoms with Gasteiger partial charge in [0.2, 0.25) is 10.0 Å². The van der Waals surface area contributed by atoms with Crippen molar-refractivity contribution in [2.45, 2.75) is 50.0 Å². The quantitative estimate of drug-likeness (QED) is 0.711. The highest BCUT2D eigenvalue weighted by molar-refractivity contribution is 7.89. The van der Waals surface area contributed by atoms with Crippen molar-refractivity contribution < 1.29 is 13.2 Å². The zero-order valence-corrected chi connectivity index (χ0v) is 18.2. The van der Waals surface area contributed by atoms with E-state index in [2.05, 4.69) is 5.32 Å². The van der Waals surface area contributed by atoms with Crippen LogP contribution in [0, 0.1) is 0 Å². The normalized spacial score (nSPS) is 16.8. The van der Waals surface area contributed by atoms with Crippen LogP contribution >= 0.6 is 11.6 Å². The number of carbonyl (C=O) groups is 1. The zero-order chi connectivity index (χ0) is 20.9. The van der Waals surface area contributed by atoms with Crippen LogP contribution in [0.2, 0.25) is 5.02 Å². The zero-order valence-electron chi connectivity index (χ0n) is 16.6. The minimum absolute atomic E-state index is 0.113. The molecule has 1 amide bonds. The third-order valence-electron chi connectivity index (χ3n) is 5.30. The van der Waals surface area contributed by atoms with Crippen LogP contribution in [0.1, 0.15) is 61.0 Å². The molecule has 0 unspecified atom stereocenters.